The van der Waals surface area contributed by atoms with E-state index in [0.29, 0.717) is 11.4 Å². The number of hydrogen-bond acceptors (Lipinski definition) is 7. The molecular weight excluding hydrogens is 300 g/mol. The van der Waals surface area contributed by atoms with Gasteiger partial charge in [-0.05, 0) is 12.1 Å². The largest absolute Gasteiger partial charge is 0.494 e. The Hall–Kier alpha value is -2.70. The molecule has 23 heavy (non-hydrogen) atoms. The van der Waals surface area contributed by atoms with Gasteiger partial charge in [0.2, 0.25) is 0 Å². The number of cyclic esters (lactones) is 2. The van der Waals surface area contributed by atoms with E-state index in [1.54, 1.807) is 13.2 Å². The maximum Gasteiger partial charge on any atom is 0.350 e. The first-order valence-electron chi connectivity index (χ1n) is 7.02. The lowest BCUT2D eigenvalue weighted by Crippen LogP contribution is -2.42. The van der Waals surface area contributed by atoms with Gasteiger partial charge in [-0.3, -0.25) is 0 Å². The SMILES string of the molecule is COc1cc(N(C)C)ccc1NC=C1C(=O)OC(C)(C)OC1=O. The summed E-state index contributed by atoms with van der Waals surface area (Å²) >= 11 is 0. The molecule has 0 atom stereocenters. The van der Waals surface area contributed by atoms with Crippen molar-refractivity contribution < 1.29 is 23.8 Å². The highest BCUT2D eigenvalue weighted by atomic mass is 16.7. The van der Waals surface area contributed by atoms with E-state index in [2.05, 4.69) is 5.32 Å². The zero-order chi connectivity index (χ0) is 17.2. The molecule has 1 aromatic rings. The molecule has 7 nitrogen and oxygen atoms in total. The van der Waals surface area contributed by atoms with Gasteiger partial charge in [-0.1, -0.05) is 0 Å². The second-order valence-corrected chi connectivity index (χ2v) is 5.66. The Balaban J connectivity index is 2.23. The number of methoxy groups -OCH3 is 1. The fourth-order valence-corrected chi connectivity index (χ4v) is 2.01. The molecule has 0 bridgehead atoms. The molecule has 1 saturated heterocycles. The average Bonchev–Trinajstić information content (AvgIpc) is 2.45. The summed E-state index contributed by atoms with van der Waals surface area (Å²) in [7, 11) is 5.37. The fraction of sp³-hybridized carbons (Fsp3) is 0.375. The van der Waals surface area contributed by atoms with Gasteiger partial charge < -0.3 is 24.4 Å². The van der Waals surface area contributed by atoms with Crippen LogP contribution in [-0.2, 0) is 19.1 Å². The van der Waals surface area contributed by atoms with Crippen LogP contribution < -0.4 is 15.0 Å². The standard InChI is InChI=1S/C16H20N2O5/c1-16(2)22-14(19)11(15(20)23-16)9-17-12-7-6-10(18(3)4)8-13(12)21-5/h6-9,17H,1-5H3. The van der Waals surface area contributed by atoms with Crippen molar-refractivity contribution >= 4 is 23.3 Å². The maximum atomic E-state index is 11.9. The zero-order valence-corrected chi connectivity index (χ0v) is 13.8. The molecule has 0 aliphatic carbocycles. The van der Waals surface area contributed by atoms with Crippen LogP contribution >= 0.6 is 0 Å². The third kappa shape index (κ3) is 3.74. The molecule has 1 N–H and O–H groups in total. The molecule has 0 spiro atoms. The normalized spacial score (nSPS) is 16.3. The molecule has 1 aromatic carbocycles. The monoisotopic (exact) mass is 320 g/mol. The van der Waals surface area contributed by atoms with Crippen molar-refractivity contribution in [3.8, 4) is 5.75 Å². The van der Waals surface area contributed by atoms with Crippen molar-refractivity contribution in [3.63, 3.8) is 0 Å². The first-order valence-corrected chi connectivity index (χ1v) is 7.02. The molecule has 2 rings (SSSR count). The molecule has 0 radical (unpaired) electrons. The van der Waals surface area contributed by atoms with Crippen molar-refractivity contribution in [3.05, 3.63) is 30.0 Å². The van der Waals surface area contributed by atoms with Gasteiger partial charge in [0.1, 0.15) is 5.75 Å². The van der Waals surface area contributed by atoms with Crippen LogP contribution in [0, 0.1) is 0 Å². The summed E-state index contributed by atoms with van der Waals surface area (Å²) < 4.78 is 15.4. The van der Waals surface area contributed by atoms with Crippen LogP contribution in [0.15, 0.2) is 30.0 Å². The second-order valence-electron chi connectivity index (χ2n) is 5.66. The number of ether oxygens (including phenoxy) is 3. The second kappa shape index (κ2) is 6.20. The number of nitrogens with zero attached hydrogens (tertiary/aromatic N) is 1. The van der Waals surface area contributed by atoms with Crippen LogP contribution in [0.4, 0.5) is 11.4 Å². The minimum Gasteiger partial charge on any atom is -0.494 e. The van der Waals surface area contributed by atoms with Crippen molar-refractivity contribution in [1.82, 2.24) is 0 Å². The number of rotatable bonds is 4. The summed E-state index contributed by atoms with van der Waals surface area (Å²) in [6.45, 7) is 2.99. The van der Waals surface area contributed by atoms with Crippen LogP contribution in [0.5, 0.6) is 5.75 Å². The number of nitrogens with one attached hydrogen (secondary N) is 1. The molecule has 1 aliphatic rings. The molecule has 0 amide bonds. The Labute approximate surface area is 134 Å². The Morgan fingerprint density at radius 2 is 1.78 bits per heavy atom. The smallest absolute Gasteiger partial charge is 0.350 e. The minimum absolute atomic E-state index is 0.205. The van der Waals surface area contributed by atoms with Crippen LogP contribution in [0.3, 0.4) is 0 Å². The number of esters is 2. The Kier molecular flexibility index (Phi) is 4.49. The molecule has 7 heteroatoms. The first-order chi connectivity index (χ1) is 10.7. The summed E-state index contributed by atoms with van der Waals surface area (Å²) in [6, 6.07) is 5.50. The molecule has 0 aromatic heterocycles. The van der Waals surface area contributed by atoms with E-state index >= 15 is 0 Å². The van der Waals surface area contributed by atoms with Gasteiger partial charge in [0, 0.05) is 45.9 Å². The van der Waals surface area contributed by atoms with E-state index < -0.39 is 17.7 Å². The van der Waals surface area contributed by atoms with Crippen LogP contribution in [0.1, 0.15) is 13.8 Å². The summed E-state index contributed by atoms with van der Waals surface area (Å²) in [5.41, 5.74) is 1.36. The first kappa shape index (κ1) is 16.7. The summed E-state index contributed by atoms with van der Waals surface area (Å²) in [6.07, 6.45) is 1.26. The Morgan fingerprint density at radius 1 is 1.17 bits per heavy atom. The lowest BCUT2D eigenvalue weighted by molar-refractivity contribution is -0.222. The predicted octanol–water partition coefficient (Wildman–Crippen LogP) is 1.89. The summed E-state index contributed by atoms with van der Waals surface area (Å²) in [5.74, 6) is -2.15. The predicted molar refractivity (Wildman–Crippen MR) is 85.3 cm³/mol. The topological polar surface area (TPSA) is 77.1 Å². The van der Waals surface area contributed by atoms with Crippen molar-refractivity contribution in [2.24, 2.45) is 0 Å². The minimum atomic E-state index is -1.25. The summed E-state index contributed by atoms with van der Waals surface area (Å²) in [5, 5.41) is 2.88. The van der Waals surface area contributed by atoms with Crippen molar-refractivity contribution in [2.75, 3.05) is 31.4 Å². The Bertz CT molecular complexity index is 642. The molecule has 0 saturated carbocycles. The lowest BCUT2D eigenvalue weighted by Gasteiger charge is -2.29. The van der Waals surface area contributed by atoms with E-state index in [1.165, 1.54) is 20.0 Å². The van der Waals surface area contributed by atoms with Crippen molar-refractivity contribution in [1.29, 1.82) is 0 Å². The molecular formula is C16H20N2O5. The Morgan fingerprint density at radius 3 is 2.30 bits per heavy atom. The summed E-state index contributed by atoms with van der Waals surface area (Å²) in [4.78, 5) is 25.7. The van der Waals surface area contributed by atoms with Gasteiger partial charge in [-0.25, -0.2) is 9.59 Å². The molecule has 1 fully saturated rings. The number of hydrogen-bond donors (Lipinski definition) is 1. The quantitative estimate of drug-likeness (QED) is 0.516. The van der Waals surface area contributed by atoms with E-state index in [4.69, 9.17) is 14.2 Å². The zero-order valence-electron chi connectivity index (χ0n) is 13.8. The van der Waals surface area contributed by atoms with E-state index in [9.17, 15) is 9.59 Å². The number of carbonyl (C=O) groups is 2. The maximum absolute atomic E-state index is 11.9. The molecule has 0 unspecified atom stereocenters. The van der Waals surface area contributed by atoms with Gasteiger partial charge in [0.05, 0.1) is 12.8 Å². The van der Waals surface area contributed by atoms with Crippen LogP contribution in [0.25, 0.3) is 0 Å². The fourth-order valence-electron chi connectivity index (χ4n) is 2.01. The van der Waals surface area contributed by atoms with Gasteiger partial charge in [0.25, 0.3) is 5.79 Å². The third-order valence-electron chi connectivity index (χ3n) is 3.19. The van der Waals surface area contributed by atoms with Crippen LogP contribution in [0.2, 0.25) is 0 Å². The molecule has 1 heterocycles. The van der Waals surface area contributed by atoms with Gasteiger partial charge in [-0.2, -0.15) is 0 Å². The highest BCUT2D eigenvalue weighted by molar-refractivity contribution is 6.15. The van der Waals surface area contributed by atoms with E-state index in [0.717, 1.165) is 5.69 Å². The molecule has 124 valence electrons. The highest BCUT2D eigenvalue weighted by Crippen LogP contribution is 2.30. The lowest BCUT2D eigenvalue weighted by atomic mass is 10.2. The molecule has 1 aliphatic heterocycles. The van der Waals surface area contributed by atoms with Gasteiger partial charge in [-0.15, -0.1) is 0 Å². The van der Waals surface area contributed by atoms with E-state index in [1.807, 2.05) is 31.1 Å². The third-order valence-corrected chi connectivity index (χ3v) is 3.19. The average molecular weight is 320 g/mol. The number of carbonyl (C=O) groups excluding carboxylic acids is 2. The van der Waals surface area contributed by atoms with Gasteiger partial charge in [0.15, 0.2) is 5.57 Å². The number of benzene rings is 1. The number of anilines is 2. The highest BCUT2D eigenvalue weighted by Gasteiger charge is 2.38. The van der Waals surface area contributed by atoms with E-state index in [-0.39, 0.29) is 5.57 Å². The van der Waals surface area contributed by atoms with Crippen LogP contribution in [-0.4, -0.2) is 38.9 Å². The van der Waals surface area contributed by atoms with Crippen molar-refractivity contribution in [2.45, 2.75) is 19.6 Å². The van der Waals surface area contributed by atoms with Gasteiger partial charge >= 0.3 is 11.9 Å².